The lowest BCUT2D eigenvalue weighted by atomic mass is 10.4. The lowest BCUT2D eigenvalue weighted by Gasteiger charge is -2.08. The molecule has 2 aromatic heterocycles. The molecule has 0 fully saturated rings. The van der Waals surface area contributed by atoms with Gasteiger partial charge in [-0.2, -0.15) is 0 Å². The maximum absolute atomic E-state index is 11.6. The van der Waals surface area contributed by atoms with Gasteiger partial charge >= 0.3 is 11.4 Å². The molecule has 106 valence electrons. The molecular formula is C9H9ClN6O3S. The summed E-state index contributed by atoms with van der Waals surface area (Å²) in [6.07, 6.45) is 1.11. The monoisotopic (exact) mass is 316 g/mol. The summed E-state index contributed by atoms with van der Waals surface area (Å²) < 4.78 is 1.37. The third-order valence-electron chi connectivity index (χ3n) is 2.30. The zero-order valence-corrected chi connectivity index (χ0v) is 12.0. The van der Waals surface area contributed by atoms with Crippen molar-refractivity contribution in [3.8, 4) is 0 Å². The number of aromatic nitrogens is 5. The van der Waals surface area contributed by atoms with Crippen LogP contribution in [-0.4, -0.2) is 29.7 Å². The van der Waals surface area contributed by atoms with Gasteiger partial charge in [-0.1, -0.05) is 11.6 Å². The first-order valence-electron chi connectivity index (χ1n) is 5.41. The SMILES string of the molecule is CC(C)n1c(Sc2ncnc(Cl)c2[N+](=O)[O-])n[nH]c1=O. The van der Waals surface area contributed by atoms with Gasteiger partial charge in [0, 0.05) is 6.04 Å². The molecule has 9 nitrogen and oxygen atoms in total. The van der Waals surface area contributed by atoms with Crippen LogP contribution in [0.5, 0.6) is 0 Å². The third kappa shape index (κ3) is 2.65. The molecule has 0 bridgehead atoms. The van der Waals surface area contributed by atoms with E-state index in [9.17, 15) is 14.9 Å². The number of H-pyrrole nitrogens is 1. The Kier molecular flexibility index (Phi) is 4.04. The van der Waals surface area contributed by atoms with E-state index in [2.05, 4.69) is 20.2 Å². The van der Waals surface area contributed by atoms with Gasteiger partial charge in [-0.25, -0.2) is 19.9 Å². The summed E-state index contributed by atoms with van der Waals surface area (Å²) in [6.45, 7) is 3.59. The van der Waals surface area contributed by atoms with Gasteiger partial charge in [0.25, 0.3) is 0 Å². The molecule has 0 radical (unpaired) electrons. The molecule has 0 aliphatic carbocycles. The van der Waals surface area contributed by atoms with E-state index in [1.807, 2.05) is 0 Å². The highest BCUT2D eigenvalue weighted by Crippen LogP contribution is 2.35. The summed E-state index contributed by atoms with van der Waals surface area (Å²) in [7, 11) is 0. The van der Waals surface area contributed by atoms with Crippen LogP contribution < -0.4 is 5.69 Å². The maximum atomic E-state index is 11.6. The smallest absolute Gasteiger partial charge is 0.267 e. The van der Waals surface area contributed by atoms with Gasteiger partial charge in [0.1, 0.15) is 6.33 Å². The van der Waals surface area contributed by atoms with Crippen molar-refractivity contribution >= 4 is 29.1 Å². The first-order chi connectivity index (χ1) is 9.41. The highest BCUT2D eigenvalue weighted by Gasteiger charge is 2.24. The average molecular weight is 317 g/mol. The molecular weight excluding hydrogens is 308 g/mol. The highest BCUT2D eigenvalue weighted by atomic mass is 35.5. The zero-order valence-electron chi connectivity index (χ0n) is 10.4. The van der Waals surface area contributed by atoms with E-state index in [0.717, 1.165) is 18.1 Å². The molecule has 0 aromatic carbocycles. The molecule has 0 saturated heterocycles. The minimum absolute atomic E-state index is 0.0240. The molecule has 2 rings (SSSR count). The Balaban J connectivity index is 2.49. The Morgan fingerprint density at radius 3 is 2.80 bits per heavy atom. The molecule has 0 spiro atoms. The molecule has 0 aliphatic heterocycles. The zero-order chi connectivity index (χ0) is 14.9. The van der Waals surface area contributed by atoms with Crippen LogP contribution in [0.3, 0.4) is 0 Å². The fourth-order valence-electron chi connectivity index (χ4n) is 1.47. The fourth-order valence-corrected chi connectivity index (χ4v) is 2.76. The van der Waals surface area contributed by atoms with Crippen molar-refractivity contribution in [2.45, 2.75) is 30.1 Å². The largest absolute Gasteiger partial charge is 0.344 e. The number of nitrogens with zero attached hydrogens (tertiary/aromatic N) is 5. The Morgan fingerprint density at radius 2 is 2.20 bits per heavy atom. The number of rotatable bonds is 4. The number of halogens is 1. The summed E-state index contributed by atoms with van der Waals surface area (Å²) in [5, 5.41) is 17.1. The van der Waals surface area contributed by atoms with E-state index in [0.29, 0.717) is 0 Å². The summed E-state index contributed by atoms with van der Waals surface area (Å²) in [4.78, 5) is 29.3. The van der Waals surface area contributed by atoms with E-state index in [1.54, 1.807) is 13.8 Å². The van der Waals surface area contributed by atoms with Gasteiger partial charge in [0.15, 0.2) is 10.2 Å². The van der Waals surface area contributed by atoms with Crippen molar-refractivity contribution in [1.29, 1.82) is 0 Å². The highest BCUT2D eigenvalue weighted by molar-refractivity contribution is 7.99. The van der Waals surface area contributed by atoms with Crippen LogP contribution in [0.15, 0.2) is 21.3 Å². The Hall–Kier alpha value is -1.94. The van der Waals surface area contributed by atoms with Crippen molar-refractivity contribution in [2.24, 2.45) is 0 Å². The number of aromatic amines is 1. The average Bonchev–Trinajstić information content (AvgIpc) is 2.70. The third-order valence-corrected chi connectivity index (χ3v) is 3.54. The number of nitro groups is 1. The molecule has 0 amide bonds. The standard InChI is InChI=1S/C9H9ClN6O3S/c1-4(2)15-8(17)13-14-9(15)20-7-5(16(18)19)6(10)11-3-12-7/h3-4H,1-2H3,(H,13,17). The molecule has 2 aromatic rings. The number of nitrogens with one attached hydrogen (secondary N) is 1. The van der Waals surface area contributed by atoms with Crippen LogP contribution in [0, 0.1) is 10.1 Å². The second kappa shape index (κ2) is 5.59. The van der Waals surface area contributed by atoms with Crippen LogP contribution in [0.1, 0.15) is 19.9 Å². The molecule has 2 heterocycles. The van der Waals surface area contributed by atoms with Gasteiger partial charge < -0.3 is 0 Å². The van der Waals surface area contributed by atoms with Crippen molar-refractivity contribution < 1.29 is 4.92 Å². The minimum atomic E-state index is -0.671. The van der Waals surface area contributed by atoms with Crippen LogP contribution >= 0.6 is 23.4 Å². The van der Waals surface area contributed by atoms with E-state index in [4.69, 9.17) is 11.6 Å². The Morgan fingerprint density at radius 1 is 1.50 bits per heavy atom. The molecule has 20 heavy (non-hydrogen) atoms. The van der Waals surface area contributed by atoms with Crippen LogP contribution in [0.25, 0.3) is 0 Å². The molecule has 0 atom stereocenters. The topological polar surface area (TPSA) is 120 Å². The van der Waals surface area contributed by atoms with E-state index >= 15 is 0 Å². The Bertz CT molecular complexity index is 712. The summed E-state index contributed by atoms with van der Waals surface area (Å²) in [5.41, 5.74) is -0.810. The van der Waals surface area contributed by atoms with Crippen molar-refractivity contribution in [3.05, 3.63) is 32.1 Å². The molecule has 0 unspecified atom stereocenters. The predicted molar refractivity (Wildman–Crippen MR) is 71.1 cm³/mol. The normalized spacial score (nSPS) is 11.0. The van der Waals surface area contributed by atoms with E-state index in [1.165, 1.54) is 4.57 Å². The van der Waals surface area contributed by atoms with Crippen molar-refractivity contribution in [2.75, 3.05) is 0 Å². The first-order valence-corrected chi connectivity index (χ1v) is 6.61. The minimum Gasteiger partial charge on any atom is -0.267 e. The molecule has 0 saturated carbocycles. The van der Waals surface area contributed by atoms with Gasteiger partial charge in [-0.3, -0.25) is 14.7 Å². The molecule has 0 aliphatic rings. The van der Waals surface area contributed by atoms with Gasteiger partial charge in [0.2, 0.25) is 5.15 Å². The van der Waals surface area contributed by atoms with E-state index < -0.39 is 16.3 Å². The fraction of sp³-hybridized carbons (Fsp3) is 0.333. The lowest BCUT2D eigenvalue weighted by Crippen LogP contribution is -2.19. The maximum Gasteiger partial charge on any atom is 0.344 e. The lowest BCUT2D eigenvalue weighted by molar-refractivity contribution is -0.388. The summed E-state index contributed by atoms with van der Waals surface area (Å²) in [5.74, 6) is 0. The second-order valence-corrected chi connectivity index (χ2v) is 5.27. The Labute approximate surface area is 121 Å². The van der Waals surface area contributed by atoms with Gasteiger partial charge in [-0.15, -0.1) is 5.10 Å². The van der Waals surface area contributed by atoms with Crippen LogP contribution in [-0.2, 0) is 0 Å². The second-order valence-electron chi connectivity index (χ2n) is 3.95. The quantitative estimate of drug-likeness (QED) is 0.517. The summed E-state index contributed by atoms with van der Waals surface area (Å²) in [6, 6.07) is -0.153. The van der Waals surface area contributed by atoms with Gasteiger partial charge in [-0.05, 0) is 25.6 Å². The summed E-state index contributed by atoms with van der Waals surface area (Å²) >= 11 is 6.57. The number of hydrogen-bond donors (Lipinski definition) is 1. The predicted octanol–water partition coefficient (Wildman–Crippen LogP) is 1.66. The van der Waals surface area contributed by atoms with Crippen molar-refractivity contribution in [1.82, 2.24) is 24.7 Å². The van der Waals surface area contributed by atoms with E-state index in [-0.39, 0.29) is 21.4 Å². The van der Waals surface area contributed by atoms with Gasteiger partial charge in [0.05, 0.1) is 4.92 Å². The van der Waals surface area contributed by atoms with Crippen molar-refractivity contribution in [3.63, 3.8) is 0 Å². The molecule has 11 heteroatoms. The molecule has 1 N–H and O–H groups in total. The first kappa shape index (κ1) is 14.5. The van der Waals surface area contributed by atoms with Crippen LogP contribution in [0.4, 0.5) is 5.69 Å². The number of hydrogen-bond acceptors (Lipinski definition) is 7. The van der Waals surface area contributed by atoms with Crippen LogP contribution in [0.2, 0.25) is 5.15 Å².